The van der Waals surface area contributed by atoms with Crippen LogP contribution >= 0.6 is 11.6 Å². The molecule has 5 nitrogen and oxygen atoms in total. The first-order chi connectivity index (χ1) is 9.99. The van der Waals surface area contributed by atoms with Gasteiger partial charge in [-0.05, 0) is 31.2 Å². The van der Waals surface area contributed by atoms with Gasteiger partial charge in [0.25, 0.3) is 0 Å². The first-order valence-corrected chi connectivity index (χ1v) is 7.48. The van der Waals surface area contributed by atoms with Gasteiger partial charge in [0.05, 0.1) is 6.10 Å². The molecule has 1 aromatic rings. The van der Waals surface area contributed by atoms with Gasteiger partial charge in [-0.25, -0.2) is 0 Å². The van der Waals surface area contributed by atoms with E-state index in [9.17, 15) is 10.2 Å². The number of benzene rings is 1. The van der Waals surface area contributed by atoms with E-state index < -0.39 is 11.7 Å². The Morgan fingerprint density at radius 3 is 2.81 bits per heavy atom. The van der Waals surface area contributed by atoms with Crippen molar-refractivity contribution in [3.8, 4) is 5.75 Å². The minimum Gasteiger partial charge on any atom is -0.491 e. The number of halogens is 1. The standard InChI is InChI=1S/C15H22ClNO4/c1-11-15(19,6-7-20-11)10-17-8-13(18)9-21-14-4-2-12(16)3-5-14/h2-5,11,13,17-19H,6-10H2,1H3. The number of aliphatic hydroxyl groups excluding tert-OH is 1. The summed E-state index contributed by atoms with van der Waals surface area (Å²) in [6.45, 7) is 3.35. The summed E-state index contributed by atoms with van der Waals surface area (Å²) < 4.78 is 10.8. The molecular weight excluding hydrogens is 294 g/mol. The average Bonchev–Trinajstić information content (AvgIpc) is 2.78. The highest BCUT2D eigenvalue weighted by molar-refractivity contribution is 6.30. The third-order valence-corrected chi connectivity index (χ3v) is 3.98. The van der Waals surface area contributed by atoms with Crippen LogP contribution in [0, 0.1) is 0 Å². The van der Waals surface area contributed by atoms with E-state index in [0.717, 1.165) is 0 Å². The molecule has 1 aliphatic heterocycles. The highest BCUT2D eigenvalue weighted by atomic mass is 35.5. The van der Waals surface area contributed by atoms with Crippen LogP contribution in [-0.2, 0) is 4.74 Å². The van der Waals surface area contributed by atoms with E-state index in [1.165, 1.54) is 0 Å². The molecule has 0 aromatic heterocycles. The largest absolute Gasteiger partial charge is 0.491 e. The molecule has 1 aromatic carbocycles. The van der Waals surface area contributed by atoms with Crippen molar-refractivity contribution in [1.82, 2.24) is 5.32 Å². The number of aliphatic hydroxyl groups is 2. The van der Waals surface area contributed by atoms with Gasteiger partial charge in [0, 0.05) is 31.1 Å². The number of ether oxygens (including phenoxy) is 2. The van der Waals surface area contributed by atoms with Gasteiger partial charge in [0.2, 0.25) is 0 Å². The monoisotopic (exact) mass is 315 g/mol. The van der Waals surface area contributed by atoms with Gasteiger partial charge in [0.15, 0.2) is 0 Å². The molecule has 0 aliphatic carbocycles. The van der Waals surface area contributed by atoms with E-state index in [4.69, 9.17) is 21.1 Å². The lowest BCUT2D eigenvalue weighted by Crippen LogP contribution is -2.47. The van der Waals surface area contributed by atoms with Crippen molar-refractivity contribution in [2.75, 3.05) is 26.3 Å². The highest BCUT2D eigenvalue weighted by Crippen LogP contribution is 2.24. The minimum absolute atomic E-state index is 0.180. The lowest BCUT2D eigenvalue weighted by atomic mass is 9.97. The second kappa shape index (κ2) is 7.42. The molecule has 3 unspecified atom stereocenters. The molecule has 1 heterocycles. The fourth-order valence-electron chi connectivity index (χ4n) is 2.24. The van der Waals surface area contributed by atoms with Gasteiger partial charge >= 0.3 is 0 Å². The van der Waals surface area contributed by atoms with Crippen LogP contribution in [0.25, 0.3) is 0 Å². The number of hydrogen-bond donors (Lipinski definition) is 3. The van der Waals surface area contributed by atoms with Crippen LogP contribution in [0.3, 0.4) is 0 Å². The predicted molar refractivity (Wildman–Crippen MR) is 80.8 cm³/mol. The van der Waals surface area contributed by atoms with Crippen molar-refractivity contribution in [1.29, 1.82) is 0 Å². The fourth-order valence-corrected chi connectivity index (χ4v) is 2.37. The van der Waals surface area contributed by atoms with Gasteiger partial charge in [0.1, 0.15) is 24.1 Å². The predicted octanol–water partition coefficient (Wildman–Crippen LogP) is 1.21. The Kier molecular flexibility index (Phi) is 5.84. The van der Waals surface area contributed by atoms with E-state index >= 15 is 0 Å². The van der Waals surface area contributed by atoms with Crippen molar-refractivity contribution in [2.45, 2.75) is 31.2 Å². The molecule has 21 heavy (non-hydrogen) atoms. The Morgan fingerprint density at radius 2 is 2.19 bits per heavy atom. The van der Waals surface area contributed by atoms with Gasteiger partial charge in [-0.1, -0.05) is 11.6 Å². The summed E-state index contributed by atoms with van der Waals surface area (Å²) >= 11 is 5.78. The normalized spacial score (nSPS) is 26.8. The van der Waals surface area contributed by atoms with E-state index in [1.54, 1.807) is 24.3 Å². The van der Waals surface area contributed by atoms with Crippen molar-refractivity contribution in [3.05, 3.63) is 29.3 Å². The van der Waals surface area contributed by atoms with Crippen molar-refractivity contribution < 1.29 is 19.7 Å². The summed E-state index contributed by atoms with van der Waals surface area (Å²) in [7, 11) is 0. The number of hydrogen-bond acceptors (Lipinski definition) is 5. The van der Waals surface area contributed by atoms with Crippen molar-refractivity contribution in [3.63, 3.8) is 0 Å². The minimum atomic E-state index is -0.850. The fraction of sp³-hybridized carbons (Fsp3) is 0.600. The molecule has 2 rings (SSSR count). The average molecular weight is 316 g/mol. The van der Waals surface area contributed by atoms with Crippen LogP contribution in [0.5, 0.6) is 5.75 Å². The topological polar surface area (TPSA) is 71.0 Å². The molecule has 3 N–H and O–H groups in total. The summed E-state index contributed by atoms with van der Waals surface area (Å²) in [5.74, 6) is 0.662. The van der Waals surface area contributed by atoms with Crippen LogP contribution in [0.15, 0.2) is 24.3 Å². The highest BCUT2D eigenvalue weighted by Gasteiger charge is 2.39. The Morgan fingerprint density at radius 1 is 1.48 bits per heavy atom. The van der Waals surface area contributed by atoms with Gasteiger partial charge in [-0.15, -0.1) is 0 Å². The molecule has 1 saturated heterocycles. The Hall–Kier alpha value is -0.850. The van der Waals surface area contributed by atoms with Crippen LogP contribution in [0.2, 0.25) is 5.02 Å². The second-order valence-corrected chi connectivity index (χ2v) is 5.85. The Bertz CT molecular complexity index is 442. The van der Waals surface area contributed by atoms with Crippen molar-refractivity contribution >= 4 is 11.6 Å². The molecule has 0 bridgehead atoms. The smallest absolute Gasteiger partial charge is 0.119 e. The van der Waals surface area contributed by atoms with Gasteiger partial charge in [-0.3, -0.25) is 0 Å². The van der Waals surface area contributed by atoms with E-state index in [1.807, 2.05) is 6.92 Å². The maximum atomic E-state index is 10.3. The second-order valence-electron chi connectivity index (χ2n) is 5.42. The molecule has 1 fully saturated rings. The molecule has 0 radical (unpaired) electrons. The lowest BCUT2D eigenvalue weighted by Gasteiger charge is -2.26. The van der Waals surface area contributed by atoms with Crippen molar-refractivity contribution in [2.24, 2.45) is 0 Å². The molecule has 6 heteroatoms. The Labute approximate surface area is 129 Å². The third-order valence-electron chi connectivity index (χ3n) is 3.73. The van der Waals surface area contributed by atoms with Crippen LogP contribution in [0.1, 0.15) is 13.3 Å². The summed E-state index contributed by atoms with van der Waals surface area (Å²) in [5.41, 5.74) is -0.850. The maximum absolute atomic E-state index is 10.3. The summed E-state index contributed by atoms with van der Waals surface area (Å²) in [6.07, 6.45) is -0.229. The maximum Gasteiger partial charge on any atom is 0.119 e. The Balaban J connectivity index is 1.65. The number of nitrogens with one attached hydrogen (secondary N) is 1. The first-order valence-electron chi connectivity index (χ1n) is 7.11. The van der Waals surface area contributed by atoms with Crippen LogP contribution < -0.4 is 10.1 Å². The third kappa shape index (κ3) is 4.83. The SMILES string of the molecule is CC1OCCC1(O)CNCC(O)COc1ccc(Cl)cc1. The summed E-state index contributed by atoms with van der Waals surface area (Å²) in [6, 6.07) is 6.97. The summed E-state index contributed by atoms with van der Waals surface area (Å²) in [4.78, 5) is 0. The van der Waals surface area contributed by atoms with Gasteiger partial charge in [-0.2, -0.15) is 0 Å². The molecule has 1 aliphatic rings. The van der Waals surface area contributed by atoms with E-state index in [0.29, 0.717) is 36.9 Å². The zero-order chi connectivity index (χ0) is 15.3. The summed E-state index contributed by atoms with van der Waals surface area (Å²) in [5, 5.41) is 23.9. The number of rotatable bonds is 7. The van der Waals surface area contributed by atoms with Gasteiger partial charge < -0.3 is 25.0 Å². The molecule has 0 saturated carbocycles. The lowest BCUT2D eigenvalue weighted by molar-refractivity contribution is -0.0279. The molecular formula is C15H22ClNO4. The molecule has 0 spiro atoms. The van der Waals surface area contributed by atoms with Crippen LogP contribution in [0.4, 0.5) is 0 Å². The zero-order valence-corrected chi connectivity index (χ0v) is 12.8. The quantitative estimate of drug-likeness (QED) is 0.705. The molecule has 118 valence electrons. The molecule has 0 amide bonds. The zero-order valence-electron chi connectivity index (χ0n) is 12.1. The van der Waals surface area contributed by atoms with E-state index in [-0.39, 0.29) is 12.7 Å². The van der Waals surface area contributed by atoms with E-state index in [2.05, 4.69) is 5.32 Å². The molecule has 3 atom stereocenters. The van der Waals surface area contributed by atoms with Crippen LogP contribution in [-0.4, -0.2) is 54.3 Å². The first kappa shape index (κ1) is 16.5.